The molecule has 3 aliphatic heterocycles. The van der Waals surface area contributed by atoms with Crippen molar-refractivity contribution in [3.8, 4) is 0 Å². The molecule has 1 unspecified atom stereocenters. The molecular formula is C20H34NO14. The van der Waals surface area contributed by atoms with Crippen molar-refractivity contribution in [2.24, 2.45) is 0 Å². The van der Waals surface area contributed by atoms with E-state index in [-0.39, 0.29) is 6.42 Å². The molecule has 1 amide bonds. The standard InChI is InChI=1S/C20H34NO14/c1-7-13(26)15(28)16(29)18(33-7)20(31)17(11(5-23)32-6-19(20,30)21-8(2)24)35-12-3-9(25)14(27)10(4-22)34-12/h6-7,9-18,22-23,25-31H,3-5H2,1-2H3,(H,21,24)/t7-,9-,10-,11-,12+,13+,14-,15+,16-,17-,18?,19+,20-/m1/s1. The van der Waals surface area contributed by atoms with Gasteiger partial charge in [0.2, 0.25) is 11.6 Å². The van der Waals surface area contributed by atoms with Gasteiger partial charge in [0.1, 0.15) is 55.4 Å². The summed E-state index contributed by atoms with van der Waals surface area (Å²) in [4.78, 5) is 11.9. The van der Waals surface area contributed by atoms with Crippen LogP contribution in [-0.4, -0.2) is 144 Å². The van der Waals surface area contributed by atoms with E-state index in [1.54, 1.807) is 0 Å². The Bertz CT molecular complexity index is 745. The number of hydrogen-bond donors (Lipinski definition) is 10. The molecule has 0 saturated carbocycles. The summed E-state index contributed by atoms with van der Waals surface area (Å²) in [5, 5.41) is 96.0. The first-order valence-electron chi connectivity index (χ1n) is 11.1. The summed E-state index contributed by atoms with van der Waals surface area (Å²) >= 11 is 0. The van der Waals surface area contributed by atoms with E-state index >= 15 is 0 Å². The molecule has 15 nitrogen and oxygen atoms in total. The fraction of sp³-hybridized carbons (Fsp3) is 0.900. The van der Waals surface area contributed by atoms with Crippen molar-refractivity contribution in [3.05, 3.63) is 6.61 Å². The predicted octanol–water partition coefficient (Wildman–Crippen LogP) is -5.82. The van der Waals surface area contributed by atoms with Crippen LogP contribution >= 0.6 is 0 Å². The van der Waals surface area contributed by atoms with Crippen molar-refractivity contribution < 1.29 is 69.7 Å². The summed E-state index contributed by atoms with van der Waals surface area (Å²) in [6.07, 6.45) is -17.9. The molecule has 3 fully saturated rings. The molecule has 3 rings (SSSR count). The first-order valence-corrected chi connectivity index (χ1v) is 11.1. The largest absolute Gasteiger partial charge is 0.394 e. The van der Waals surface area contributed by atoms with Crippen LogP contribution in [0.15, 0.2) is 0 Å². The lowest BCUT2D eigenvalue weighted by atomic mass is 9.71. The zero-order valence-electron chi connectivity index (χ0n) is 19.1. The summed E-state index contributed by atoms with van der Waals surface area (Å²) in [5.74, 6) is -0.862. The minimum absolute atomic E-state index is 0.378. The number of ether oxygens (including phenoxy) is 4. The van der Waals surface area contributed by atoms with E-state index in [1.807, 2.05) is 0 Å². The average Bonchev–Trinajstić information content (AvgIpc) is 2.79. The van der Waals surface area contributed by atoms with Gasteiger partial charge in [0, 0.05) is 13.3 Å². The van der Waals surface area contributed by atoms with Crippen LogP contribution in [0.3, 0.4) is 0 Å². The Balaban J connectivity index is 2.05. The third-order valence-electron chi connectivity index (χ3n) is 6.64. The second kappa shape index (κ2) is 10.7. The van der Waals surface area contributed by atoms with Gasteiger partial charge in [-0.25, -0.2) is 0 Å². The van der Waals surface area contributed by atoms with Crippen LogP contribution in [0.25, 0.3) is 0 Å². The SMILES string of the molecule is CC(=O)N[C@]1(O)[CH]O[C@H](CO)[C@@H](O[C@H]2C[C@@H](O)[C@@H](O)[C@@H](CO)O2)[C@@]1(O)C1O[C@H](C)[C@H](O)[C@H](O)[C@H]1O. The van der Waals surface area contributed by atoms with Crippen LogP contribution in [-0.2, 0) is 23.7 Å². The molecule has 3 aliphatic rings. The van der Waals surface area contributed by atoms with E-state index in [0.29, 0.717) is 6.61 Å². The van der Waals surface area contributed by atoms with E-state index in [4.69, 9.17) is 18.9 Å². The zero-order chi connectivity index (χ0) is 26.3. The second-order valence-corrected chi connectivity index (χ2v) is 9.12. The summed E-state index contributed by atoms with van der Waals surface area (Å²) < 4.78 is 22.1. The Morgan fingerprint density at radius 1 is 1.00 bits per heavy atom. The third kappa shape index (κ3) is 5.06. The monoisotopic (exact) mass is 512 g/mol. The highest BCUT2D eigenvalue weighted by atomic mass is 16.7. The van der Waals surface area contributed by atoms with Crippen molar-refractivity contribution in [3.63, 3.8) is 0 Å². The van der Waals surface area contributed by atoms with Crippen LogP contribution in [0.4, 0.5) is 0 Å². The number of aliphatic hydroxyl groups excluding tert-OH is 7. The fourth-order valence-corrected chi connectivity index (χ4v) is 4.69. The normalized spacial score (nSPS) is 51.1. The highest BCUT2D eigenvalue weighted by Crippen LogP contribution is 2.44. The van der Waals surface area contributed by atoms with E-state index in [9.17, 15) is 50.8 Å². The van der Waals surface area contributed by atoms with Crippen molar-refractivity contribution in [2.75, 3.05) is 13.2 Å². The molecule has 15 heteroatoms. The van der Waals surface area contributed by atoms with Gasteiger partial charge in [-0.1, -0.05) is 0 Å². The Morgan fingerprint density at radius 3 is 2.20 bits per heavy atom. The van der Waals surface area contributed by atoms with Crippen molar-refractivity contribution in [2.45, 2.75) is 98.9 Å². The molecule has 0 spiro atoms. The molecule has 0 aromatic rings. The lowest BCUT2D eigenvalue weighted by Crippen LogP contribution is -2.83. The maximum absolute atomic E-state index is 12.0. The van der Waals surface area contributed by atoms with Crippen molar-refractivity contribution in [1.29, 1.82) is 0 Å². The molecule has 10 N–H and O–H groups in total. The van der Waals surface area contributed by atoms with Crippen molar-refractivity contribution in [1.82, 2.24) is 5.32 Å². The fourth-order valence-electron chi connectivity index (χ4n) is 4.69. The molecule has 0 bridgehead atoms. The van der Waals surface area contributed by atoms with E-state index < -0.39 is 97.8 Å². The Labute approximate surface area is 200 Å². The van der Waals surface area contributed by atoms with Crippen LogP contribution in [0.1, 0.15) is 20.3 Å². The number of amides is 1. The Hall–Kier alpha value is -1.05. The summed E-state index contributed by atoms with van der Waals surface area (Å²) in [5.41, 5.74) is -5.75. The number of carbonyl (C=O) groups excluding carboxylic acids is 1. The minimum Gasteiger partial charge on any atom is -0.394 e. The summed E-state index contributed by atoms with van der Waals surface area (Å²) in [6, 6.07) is 0. The van der Waals surface area contributed by atoms with Crippen LogP contribution < -0.4 is 5.32 Å². The maximum Gasteiger partial charge on any atom is 0.219 e. The molecule has 35 heavy (non-hydrogen) atoms. The Morgan fingerprint density at radius 2 is 1.63 bits per heavy atom. The van der Waals surface area contributed by atoms with Gasteiger partial charge in [0.25, 0.3) is 0 Å². The highest BCUT2D eigenvalue weighted by Gasteiger charge is 2.70. The second-order valence-electron chi connectivity index (χ2n) is 9.12. The summed E-state index contributed by atoms with van der Waals surface area (Å²) in [6.45, 7) is 1.40. The van der Waals surface area contributed by atoms with Gasteiger partial charge in [-0.2, -0.15) is 0 Å². The number of nitrogens with one attached hydrogen (secondary N) is 1. The number of carbonyl (C=O) groups is 1. The smallest absolute Gasteiger partial charge is 0.219 e. The molecule has 203 valence electrons. The molecule has 1 radical (unpaired) electrons. The summed E-state index contributed by atoms with van der Waals surface area (Å²) in [7, 11) is 0. The average molecular weight is 512 g/mol. The lowest BCUT2D eigenvalue weighted by molar-refractivity contribution is -0.377. The molecule has 0 aromatic carbocycles. The lowest BCUT2D eigenvalue weighted by Gasteiger charge is -2.58. The molecule has 3 saturated heterocycles. The van der Waals surface area contributed by atoms with Crippen LogP contribution in [0, 0.1) is 6.61 Å². The number of aliphatic hydroxyl groups is 9. The molecule has 0 aliphatic carbocycles. The van der Waals surface area contributed by atoms with Gasteiger partial charge in [0.15, 0.2) is 11.9 Å². The quantitative estimate of drug-likeness (QED) is 0.149. The Kier molecular flexibility index (Phi) is 8.76. The third-order valence-corrected chi connectivity index (χ3v) is 6.64. The van der Waals surface area contributed by atoms with Crippen LogP contribution in [0.2, 0.25) is 0 Å². The van der Waals surface area contributed by atoms with E-state index in [2.05, 4.69) is 5.32 Å². The molecule has 13 atom stereocenters. The first-order chi connectivity index (χ1) is 16.3. The van der Waals surface area contributed by atoms with Gasteiger partial charge in [-0.15, -0.1) is 0 Å². The zero-order valence-corrected chi connectivity index (χ0v) is 19.1. The van der Waals surface area contributed by atoms with Gasteiger partial charge < -0.3 is 70.2 Å². The van der Waals surface area contributed by atoms with E-state index in [1.165, 1.54) is 6.92 Å². The van der Waals surface area contributed by atoms with Gasteiger partial charge in [-0.3, -0.25) is 4.79 Å². The number of hydrogen-bond acceptors (Lipinski definition) is 14. The predicted molar refractivity (Wildman–Crippen MR) is 110 cm³/mol. The highest BCUT2D eigenvalue weighted by molar-refractivity contribution is 5.74. The topological polar surface area (TPSA) is 248 Å². The first kappa shape index (κ1) is 28.5. The van der Waals surface area contributed by atoms with Crippen LogP contribution in [0.5, 0.6) is 0 Å². The minimum atomic E-state index is -2.90. The van der Waals surface area contributed by atoms with Gasteiger partial charge in [0.05, 0.1) is 25.4 Å². The van der Waals surface area contributed by atoms with Gasteiger partial charge >= 0.3 is 0 Å². The molecule has 3 heterocycles. The molecular weight excluding hydrogens is 478 g/mol. The number of rotatable bonds is 6. The van der Waals surface area contributed by atoms with Gasteiger partial charge in [-0.05, 0) is 6.92 Å². The maximum atomic E-state index is 12.0. The van der Waals surface area contributed by atoms with E-state index in [0.717, 1.165) is 6.92 Å². The molecule has 0 aromatic heterocycles. The van der Waals surface area contributed by atoms with Crippen molar-refractivity contribution >= 4 is 5.91 Å².